The maximum absolute atomic E-state index is 12.3. The fraction of sp³-hybridized carbons (Fsp3) is 0.562. The van der Waals surface area contributed by atoms with Crippen molar-refractivity contribution in [1.29, 1.82) is 0 Å². The van der Waals surface area contributed by atoms with Crippen LogP contribution >= 0.6 is 0 Å². The Labute approximate surface area is 121 Å². The highest BCUT2D eigenvalue weighted by Gasteiger charge is 2.15. The van der Waals surface area contributed by atoms with E-state index >= 15 is 0 Å². The number of ether oxygens (including phenoxy) is 1. The highest BCUT2D eigenvalue weighted by Crippen LogP contribution is 2.23. The number of carbonyl (C=O) groups excluding carboxylic acids is 1. The molecule has 1 unspecified atom stereocenters. The van der Waals surface area contributed by atoms with E-state index in [1.54, 1.807) is 18.2 Å². The van der Waals surface area contributed by atoms with E-state index < -0.39 is 0 Å². The third kappa shape index (κ3) is 4.85. The number of rotatable bonds is 9. The largest absolute Gasteiger partial charge is 0.492 e. The van der Waals surface area contributed by atoms with Crippen LogP contribution in [0.4, 0.5) is 5.69 Å². The van der Waals surface area contributed by atoms with E-state index in [4.69, 9.17) is 10.5 Å². The number of nitrogens with two attached hydrogens (primary N) is 1. The normalized spacial score (nSPS) is 12.2. The van der Waals surface area contributed by atoms with Crippen LogP contribution in [0, 0.1) is 0 Å². The molecule has 0 radical (unpaired) electrons. The minimum atomic E-state index is -0.191. The minimum Gasteiger partial charge on any atom is -0.492 e. The van der Waals surface area contributed by atoms with Gasteiger partial charge in [0.1, 0.15) is 5.75 Å². The Balaban J connectivity index is 2.60. The van der Waals surface area contributed by atoms with Crippen LogP contribution in [0.3, 0.4) is 0 Å². The van der Waals surface area contributed by atoms with Crippen molar-refractivity contribution in [2.24, 2.45) is 0 Å². The lowest BCUT2D eigenvalue weighted by molar-refractivity contribution is 0.0951. The second kappa shape index (κ2) is 8.59. The second-order valence-electron chi connectivity index (χ2n) is 4.93. The van der Waals surface area contributed by atoms with Crippen molar-refractivity contribution in [3.8, 4) is 5.75 Å². The van der Waals surface area contributed by atoms with E-state index in [2.05, 4.69) is 12.2 Å². The molecule has 3 N–H and O–H groups in total. The van der Waals surface area contributed by atoms with Gasteiger partial charge in [-0.05, 0) is 45.0 Å². The molecule has 0 saturated heterocycles. The van der Waals surface area contributed by atoms with E-state index in [-0.39, 0.29) is 11.8 Å². The van der Waals surface area contributed by atoms with Gasteiger partial charge in [-0.3, -0.25) is 4.79 Å². The zero-order chi connectivity index (χ0) is 15.0. The Bertz CT molecular complexity index is 432. The maximum Gasteiger partial charge on any atom is 0.179 e. The predicted octanol–water partition coefficient (Wildman–Crippen LogP) is 3.02. The SMILES string of the molecule is CCCCCNC(C)C(=O)c1ccc(OCC)c(N)c1. The molecule has 0 aromatic heterocycles. The number of hydrogen-bond donors (Lipinski definition) is 2. The molecule has 20 heavy (non-hydrogen) atoms. The van der Waals surface area contributed by atoms with Crippen LogP contribution in [0.25, 0.3) is 0 Å². The molecule has 0 fully saturated rings. The molecule has 0 amide bonds. The lowest BCUT2D eigenvalue weighted by atomic mass is 10.0. The number of Topliss-reactive ketones (excluding diaryl/α,β-unsaturated/α-hetero) is 1. The molecule has 1 aromatic carbocycles. The Morgan fingerprint density at radius 3 is 2.70 bits per heavy atom. The number of benzene rings is 1. The topological polar surface area (TPSA) is 64.3 Å². The molecule has 1 atom stereocenters. The van der Waals surface area contributed by atoms with Crippen molar-refractivity contribution >= 4 is 11.5 Å². The van der Waals surface area contributed by atoms with Gasteiger partial charge in [0.15, 0.2) is 5.78 Å². The number of nitrogens with one attached hydrogen (secondary N) is 1. The van der Waals surface area contributed by atoms with Crippen molar-refractivity contribution in [3.63, 3.8) is 0 Å². The predicted molar refractivity (Wildman–Crippen MR) is 83.3 cm³/mol. The average molecular weight is 278 g/mol. The molecule has 0 aliphatic heterocycles. The first kappa shape index (κ1) is 16.5. The molecule has 0 heterocycles. The Morgan fingerprint density at radius 2 is 2.10 bits per heavy atom. The zero-order valence-corrected chi connectivity index (χ0v) is 12.7. The Hall–Kier alpha value is -1.55. The lowest BCUT2D eigenvalue weighted by Crippen LogP contribution is -2.34. The second-order valence-corrected chi connectivity index (χ2v) is 4.93. The Morgan fingerprint density at radius 1 is 1.35 bits per heavy atom. The summed E-state index contributed by atoms with van der Waals surface area (Å²) >= 11 is 0. The molecular weight excluding hydrogens is 252 g/mol. The molecule has 0 bridgehead atoms. The fourth-order valence-electron chi connectivity index (χ4n) is 2.02. The maximum atomic E-state index is 12.3. The Kier molecular flexibility index (Phi) is 7.09. The molecule has 1 rings (SSSR count). The zero-order valence-electron chi connectivity index (χ0n) is 12.7. The van der Waals surface area contributed by atoms with Gasteiger partial charge in [-0.1, -0.05) is 19.8 Å². The molecule has 0 aliphatic carbocycles. The summed E-state index contributed by atoms with van der Waals surface area (Å²) < 4.78 is 5.37. The summed E-state index contributed by atoms with van der Waals surface area (Å²) in [5.41, 5.74) is 7.02. The number of anilines is 1. The quantitative estimate of drug-likeness (QED) is 0.414. The van der Waals surface area contributed by atoms with E-state index in [0.29, 0.717) is 23.6 Å². The van der Waals surface area contributed by atoms with Crippen molar-refractivity contribution in [2.75, 3.05) is 18.9 Å². The monoisotopic (exact) mass is 278 g/mol. The van der Waals surface area contributed by atoms with Crippen LogP contribution in [0.15, 0.2) is 18.2 Å². The van der Waals surface area contributed by atoms with Gasteiger partial charge in [-0.2, -0.15) is 0 Å². The molecular formula is C16H26N2O2. The average Bonchev–Trinajstić information content (AvgIpc) is 2.45. The van der Waals surface area contributed by atoms with Gasteiger partial charge in [-0.15, -0.1) is 0 Å². The van der Waals surface area contributed by atoms with Crippen molar-refractivity contribution in [3.05, 3.63) is 23.8 Å². The van der Waals surface area contributed by atoms with Crippen LogP contribution in [-0.4, -0.2) is 25.0 Å². The van der Waals surface area contributed by atoms with Crippen LogP contribution in [-0.2, 0) is 0 Å². The minimum absolute atomic E-state index is 0.0660. The number of hydrogen-bond acceptors (Lipinski definition) is 4. The van der Waals surface area contributed by atoms with Crippen molar-refractivity contribution in [2.45, 2.75) is 46.1 Å². The number of nitrogen functional groups attached to an aromatic ring is 1. The molecule has 0 spiro atoms. The summed E-state index contributed by atoms with van der Waals surface area (Å²) in [5, 5.41) is 3.25. The van der Waals surface area contributed by atoms with E-state index in [1.807, 2.05) is 13.8 Å². The van der Waals surface area contributed by atoms with Crippen LogP contribution in [0.2, 0.25) is 0 Å². The highest BCUT2D eigenvalue weighted by atomic mass is 16.5. The molecule has 0 saturated carbocycles. The summed E-state index contributed by atoms with van der Waals surface area (Å²) in [6, 6.07) is 5.03. The highest BCUT2D eigenvalue weighted by molar-refractivity contribution is 6.00. The first-order valence-electron chi connectivity index (χ1n) is 7.40. The third-order valence-corrected chi connectivity index (χ3v) is 3.22. The van der Waals surface area contributed by atoms with Gasteiger partial charge >= 0.3 is 0 Å². The molecule has 4 heteroatoms. The summed E-state index contributed by atoms with van der Waals surface area (Å²) in [6.07, 6.45) is 3.46. The number of unbranched alkanes of at least 4 members (excludes halogenated alkanes) is 2. The molecule has 112 valence electrons. The molecule has 0 aliphatic rings. The van der Waals surface area contributed by atoms with Gasteiger partial charge in [-0.25, -0.2) is 0 Å². The van der Waals surface area contributed by atoms with E-state index in [9.17, 15) is 4.79 Å². The summed E-state index contributed by atoms with van der Waals surface area (Å²) in [6.45, 7) is 7.39. The first-order valence-corrected chi connectivity index (χ1v) is 7.40. The fourth-order valence-corrected chi connectivity index (χ4v) is 2.02. The van der Waals surface area contributed by atoms with Crippen molar-refractivity contribution < 1.29 is 9.53 Å². The molecule has 4 nitrogen and oxygen atoms in total. The number of carbonyl (C=O) groups is 1. The summed E-state index contributed by atoms with van der Waals surface area (Å²) in [7, 11) is 0. The van der Waals surface area contributed by atoms with Crippen LogP contribution in [0.5, 0.6) is 5.75 Å². The van der Waals surface area contributed by atoms with E-state index in [0.717, 1.165) is 13.0 Å². The van der Waals surface area contributed by atoms with E-state index in [1.165, 1.54) is 12.8 Å². The van der Waals surface area contributed by atoms with Gasteiger partial charge < -0.3 is 15.8 Å². The summed E-state index contributed by atoms with van der Waals surface area (Å²) in [4.78, 5) is 12.3. The van der Waals surface area contributed by atoms with Crippen LogP contribution < -0.4 is 15.8 Å². The smallest absolute Gasteiger partial charge is 0.179 e. The third-order valence-electron chi connectivity index (χ3n) is 3.22. The standard InChI is InChI=1S/C16H26N2O2/c1-4-6-7-10-18-12(3)16(19)13-8-9-15(20-5-2)14(17)11-13/h8-9,11-12,18H,4-7,10,17H2,1-3H3. The van der Waals surface area contributed by atoms with Gasteiger partial charge in [0.2, 0.25) is 0 Å². The van der Waals surface area contributed by atoms with Gasteiger partial charge in [0, 0.05) is 5.56 Å². The number of ketones is 1. The van der Waals surface area contributed by atoms with Crippen LogP contribution in [0.1, 0.15) is 50.4 Å². The lowest BCUT2D eigenvalue weighted by Gasteiger charge is -2.14. The first-order chi connectivity index (χ1) is 9.60. The van der Waals surface area contributed by atoms with Gasteiger partial charge in [0.25, 0.3) is 0 Å². The summed E-state index contributed by atoms with van der Waals surface area (Å²) in [5.74, 6) is 0.698. The molecule has 1 aromatic rings. The van der Waals surface area contributed by atoms with Gasteiger partial charge in [0.05, 0.1) is 18.3 Å². The van der Waals surface area contributed by atoms with Crippen molar-refractivity contribution in [1.82, 2.24) is 5.32 Å².